The zero-order chi connectivity index (χ0) is 16.9. The van der Waals surface area contributed by atoms with Crippen LogP contribution < -0.4 is 0 Å². The number of carbonyl (C=O) groups excluding carboxylic acids is 1. The lowest BCUT2D eigenvalue weighted by molar-refractivity contribution is 0.0783. The number of amides is 1. The van der Waals surface area contributed by atoms with Crippen molar-refractivity contribution in [1.29, 1.82) is 0 Å². The largest absolute Gasteiger partial charge is 0.355 e. The molecule has 3 rings (SSSR count). The van der Waals surface area contributed by atoms with Crippen LogP contribution in [0, 0.1) is 0 Å². The third kappa shape index (κ3) is 3.71. The smallest absolute Gasteiger partial charge is 0.275 e. The molecule has 1 amide bonds. The van der Waals surface area contributed by atoms with Crippen molar-refractivity contribution >= 4 is 5.91 Å². The first-order chi connectivity index (χ1) is 11.6. The summed E-state index contributed by atoms with van der Waals surface area (Å²) in [5.41, 5.74) is 2.41. The Labute approximate surface area is 140 Å². The maximum absolute atomic E-state index is 12.4. The Morgan fingerprint density at radius 1 is 1.29 bits per heavy atom. The lowest BCUT2D eigenvalue weighted by atomic mass is 10.1. The van der Waals surface area contributed by atoms with Crippen molar-refractivity contribution in [3.8, 4) is 11.3 Å². The molecule has 0 bridgehead atoms. The van der Waals surface area contributed by atoms with Crippen molar-refractivity contribution in [1.82, 2.24) is 19.8 Å². The number of aromatic nitrogens is 3. The number of benzene rings is 1. The number of nitrogens with zero attached hydrogens (tertiary/aromatic N) is 4. The monoisotopic (exact) mass is 324 g/mol. The first kappa shape index (κ1) is 16.0. The average molecular weight is 324 g/mol. The Morgan fingerprint density at radius 3 is 2.79 bits per heavy atom. The minimum Gasteiger partial charge on any atom is -0.355 e. The summed E-state index contributed by atoms with van der Waals surface area (Å²) in [7, 11) is 3.68. The number of hydrogen-bond acceptors (Lipinski definition) is 4. The number of rotatable bonds is 6. The van der Waals surface area contributed by atoms with Gasteiger partial charge in [0.25, 0.3) is 5.91 Å². The molecule has 6 heteroatoms. The molecule has 0 aliphatic heterocycles. The second kappa shape index (κ2) is 7.12. The Hall–Kier alpha value is -2.89. The lowest BCUT2D eigenvalue weighted by Crippen LogP contribution is -2.28. The van der Waals surface area contributed by atoms with Crippen LogP contribution in [0.1, 0.15) is 22.5 Å². The van der Waals surface area contributed by atoms with E-state index in [1.807, 2.05) is 49.8 Å². The zero-order valence-corrected chi connectivity index (χ0v) is 13.8. The Balaban J connectivity index is 1.56. The average Bonchev–Trinajstić information content (AvgIpc) is 3.24. The van der Waals surface area contributed by atoms with Gasteiger partial charge in [-0.05, 0) is 18.4 Å². The molecule has 1 aromatic carbocycles. The van der Waals surface area contributed by atoms with Crippen molar-refractivity contribution in [2.75, 3.05) is 13.6 Å². The fraction of sp³-hybridized carbons (Fsp3) is 0.278. The highest BCUT2D eigenvalue weighted by atomic mass is 16.5. The lowest BCUT2D eigenvalue weighted by Gasteiger charge is -2.14. The minimum absolute atomic E-state index is 0.132. The van der Waals surface area contributed by atoms with Crippen LogP contribution in [0.3, 0.4) is 0 Å². The summed E-state index contributed by atoms with van der Waals surface area (Å²) in [6, 6.07) is 11.3. The Bertz CT molecular complexity index is 807. The molecule has 0 unspecified atom stereocenters. The van der Waals surface area contributed by atoms with Gasteiger partial charge in [0.2, 0.25) is 0 Å². The van der Waals surface area contributed by atoms with Crippen LogP contribution in [-0.2, 0) is 13.5 Å². The zero-order valence-electron chi connectivity index (χ0n) is 13.8. The van der Waals surface area contributed by atoms with E-state index in [1.54, 1.807) is 22.7 Å². The van der Waals surface area contributed by atoms with Gasteiger partial charge < -0.3 is 9.42 Å². The fourth-order valence-electron chi connectivity index (χ4n) is 2.53. The summed E-state index contributed by atoms with van der Waals surface area (Å²) in [5.74, 6) is 0.467. The third-order valence-electron chi connectivity index (χ3n) is 3.85. The highest BCUT2D eigenvalue weighted by molar-refractivity contribution is 5.92. The van der Waals surface area contributed by atoms with Crippen LogP contribution in [0.25, 0.3) is 11.3 Å². The number of hydrogen-bond donors (Lipinski definition) is 0. The van der Waals surface area contributed by atoms with E-state index in [0.29, 0.717) is 18.0 Å². The van der Waals surface area contributed by atoms with E-state index in [2.05, 4.69) is 10.3 Å². The molecule has 24 heavy (non-hydrogen) atoms. The second-order valence-corrected chi connectivity index (χ2v) is 5.79. The van der Waals surface area contributed by atoms with Crippen molar-refractivity contribution in [3.05, 3.63) is 60.0 Å². The van der Waals surface area contributed by atoms with Crippen molar-refractivity contribution in [2.24, 2.45) is 7.05 Å². The summed E-state index contributed by atoms with van der Waals surface area (Å²) < 4.78 is 7.07. The van der Waals surface area contributed by atoms with Gasteiger partial charge in [0.05, 0.1) is 6.20 Å². The first-order valence-electron chi connectivity index (χ1n) is 7.88. The van der Waals surface area contributed by atoms with E-state index in [1.165, 1.54) is 5.56 Å². The molecule has 2 aromatic heterocycles. The van der Waals surface area contributed by atoms with Gasteiger partial charge in [-0.3, -0.25) is 9.48 Å². The normalized spacial score (nSPS) is 10.8. The molecule has 124 valence electrons. The molecule has 0 radical (unpaired) electrons. The van der Waals surface area contributed by atoms with Crippen LogP contribution in [0.4, 0.5) is 0 Å². The molecule has 0 saturated heterocycles. The van der Waals surface area contributed by atoms with Gasteiger partial charge in [-0.15, -0.1) is 0 Å². The van der Waals surface area contributed by atoms with E-state index in [-0.39, 0.29) is 5.91 Å². The maximum atomic E-state index is 12.4. The molecule has 3 aromatic rings. The molecule has 0 aliphatic rings. The molecule has 0 spiro atoms. The summed E-state index contributed by atoms with van der Waals surface area (Å²) in [4.78, 5) is 14.1. The summed E-state index contributed by atoms with van der Waals surface area (Å²) in [5, 5.41) is 8.05. The fourth-order valence-corrected chi connectivity index (χ4v) is 2.53. The molecule has 0 N–H and O–H groups in total. The highest BCUT2D eigenvalue weighted by Gasteiger charge is 2.17. The summed E-state index contributed by atoms with van der Waals surface area (Å²) >= 11 is 0. The van der Waals surface area contributed by atoms with Crippen molar-refractivity contribution < 1.29 is 9.32 Å². The van der Waals surface area contributed by atoms with Gasteiger partial charge in [-0.25, -0.2) is 0 Å². The SMILES string of the molecule is CN(CCCc1cnn(C)c1)C(=O)c1cc(-c2ccccc2)on1. The maximum Gasteiger partial charge on any atom is 0.275 e. The quantitative estimate of drug-likeness (QED) is 0.699. The van der Waals surface area contributed by atoms with Crippen LogP contribution in [0.5, 0.6) is 0 Å². The van der Waals surface area contributed by atoms with Gasteiger partial charge in [0, 0.05) is 38.5 Å². The van der Waals surface area contributed by atoms with Crippen LogP contribution >= 0.6 is 0 Å². The van der Waals surface area contributed by atoms with E-state index in [9.17, 15) is 4.79 Å². The van der Waals surface area contributed by atoms with E-state index < -0.39 is 0 Å². The minimum atomic E-state index is -0.132. The van der Waals surface area contributed by atoms with Gasteiger partial charge in [-0.2, -0.15) is 5.10 Å². The molecular formula is C18H20N4O2. The topological polar surface area (TPSA) is 64.2 Å². The molecule has 2 heterocycles. The van der Waals surface area contributed by atoms with Crippen LogP contribution in [0.2, 0.25) is 0 Å². The standard InChI is InChI=1S/C18H20N4O2/c1-21(10-6-7-14-12-19-22(2)13-14)18(23)16-11-17(24-20-16)15-8-4-3-5-9-15/h3-5,8-9,11-13H,6-7,10H2,1-2H3. The van der Waals surface area contributed by atoms with Crippen molar-refractivity contribution in [3.63, 3.8) is 0 Å². The molecular weight excluding hydrogens is 304 g/mol. The molecule has 0 aliphatic carbocycles. The van der Waals surface area contributed by atoms with Gasteiger partial charge in [-0.1, -0.05) is 35.5 Å². The second-order valence-electron chi connectivity index (χ2n) is 5.79. The molecule has 0 saturated carbocycles. The van der Waals surface area contributed by atoms with E-state index in [4.69, 9.17) is 4.52 Å². The Morgan fingerprint density at radius 2 is 2.08 bits per heavy atom. The highest BCUT2D eigenvalue weighted by Crippen LogP contribution is 2.20. The van der Waals surface area contributed by atoms with Crippen LogP contribution in [0.15, 0.2) is 53.3 Å². The van der Waals surface area contributed by atoms with Crippen molar-refractivity contribution in [2.45, 2.75) is 12.8 Å². The van der Waals surface area contributed by atoms with Gasteiger partial charge >= 0.3 is 0 Å². The third-order valence-corrected chi connectivity index (χ3v) is 3.85. The van der Waals surface area contributed by atoms with Gasteiger partial charge in [0.15, 0.2) is 11.5 Å². The molecule has 0 atom stereocenters. The number of aryl methyl sites for hydroxylation is 2. The first-order valence-corrected chi connectivity index (χ1v) is 7.88. The predicted molar refractivity (Wildman–Crippen MR) is 90.4 cm³/mol. The Kier molecular flexibility index (Phi) is 4.74. The van der Waals surface area contributed by atoms with Gasteiger partial charge in [0.1, 0.15) is 0 Å². The van der Waals surface area contributed by atoms with E-state index in [0.717, 1.165) is 18.4 Å². The summed E-state index contributed by atoms with van der Waals surface area (Å²) in [6.07, 6.45) is 5.61. The van der Waals surface area contributed by atoms with Crippen LogP contribution in [-0.4, -0.2) is 39.3 Å². The van der Waals surface area contributed by atoms with E-state index >= 15 is 0 Å². The number of carbonyl (C=O) groups is 1. The predicted octanol–water partition coefficient (Wildman–Crippen LogP) is 2.78. The molecule has 0 fully saturated rings. The molecule has 6 nitrogen and oxygen atoms in total. The summed E-state index contributed by atoms with van der Waals surface area (Å²) in [6.45, 7) is 0.654.